The molecule has 56 valence electrons. The Kier molecular flexibility index (Phi) is 2.14. The average molecular weight is 148 g/mol. The molecule has 0 aliphatic rings. The Morgan fingerprint density at radius 3 is 2.82 bits per heavy atom. The van der Waals surface area contributed by atoms with Gasteiger partial charge in [-0.3, -0.25) is 4.98 Å². The van der Waals surface area contributed by atoms with Crippen LogP contribution in [0.25, 0.3) is 0 Å². The lowest BCUT2D eigenvalue weighted by Gasteiger charge is -1.96. The number of aliphatic imine (C=N–C) groups is 1. The highest BCUT2D eigenvalue weighted by Gasteiger charge is 1.94. The van der Waals surface area contributed by atoms with Crippen LogP contribution in [-0.4, -0.2) is 11.1 Å². The molecule has 0 amide bonds. The van der Waals surface area contributed by atoms with E-state index in [2.05, 4.69) is 9.98 Å². The average Bonchev–Trinajstić information content (AvgIpc) is 1.98. The first kappa shape index (κ1) is 7.63. The Hall–Kier alpha value is -1.47. The zero-order chi connectivity index (χ0) is 8.27. The normalized spacial score (nSPS) is 8.91. The second-order valence-corrected chi connectivity index (χ2v) is 2.30. The first-order chi connectivity index (χ1) is 5.24. The highest BCUT2D eigenvalue weighted by molar-refractivity contribution is 5.48. The molecule has 1 aromatic rings. The van der Waals surface area contributed by atoms with Crippen LogP contribution in [0.3, 0.4) is 0 Å². The summed E-state index contributed by atoms with van der Waals surface area (Å²) in [5.41, 5.74) is 2.54. The fourth-order valence-corrected chi connectivity index (χ4v) is 0.742. The van der Waals surface area contributed by atoms with Crippen LogP contribution in [0.5, 0.6) is 0 Å². The zero-order valence-corrected chi connectivity index (χ0v) is 6.46. The minimum atomic E-state index is 0.558. The summed E-state index contributed by atoms with van der Waals surface area (Å²) in [5.74, 6) is 0. The highest BCUT2D eigenvalue weighted by Crippen LogP contribution is 2.12. The summed E-state index contributed by atoms with van der Waals surface area (Å²) in [5, 5.41) is 0. The third-order valence-corrected chi connectivity index (χ3v) is 1.50. The largest absolute Gasteiger partial charge is 0.259 e. The number of aryl methyl sites for hydroxylation is 2. The summed E-state index contributed by atoms with van der Waals surface area (Å²) in [6.07, 6.45) is 3.01. The molecule has 0 atom stereocenters. The lowest BCUT2D eigenvalue weighted by molar-refractivity contribution is 0.565. The number of hydrogen-bond acceptors (Lipinski definition) is 3. The lowest BCUT2D eigenvalue weighted by atomic mass is 10.2. The van der Waals surface area contributed by atoms with Gasteiger partial charge in [0.2, 0.25) is 6.08 Å². The molecule has 0 spiro atoms. The van der Waals surface area contributed by atoms with E-state index in [1.165, 1.54) is 6.08 Å². The van der Waals surface area contributed by atoms with Crippen LogP contribution in [0, 0.1) is 13.8 Å². The number of pyridine rings is 1. The first-order valence-corrected chi connectivity index (χ1v) is 3.25. The molecule has 11 heavy (non-hydrogen) atoms. The number of hydrogen-bond donors (Lipinski definition) is 0. The van der Waals surface area contributed by atoms with Crippen LogP contribution in [0.15, 0.2) is 17.3 Å². The van der Waals surface area contributed by atoms with Gasteiger partial charge in [-0.1, -0.05) is 0 Å². The van der Waals surface area contributed by atoms with E-state index in [0.717, 1.165) is 11.3 Å². The van der Waals surface area contributed by atoms with Gasteiger partial charge in [0.15, 0.2) is 0 Å². The molecule has 0 saturated carbocycles. The van der Waals surface area contributed by atoms with Gasteiger partial charge in [-0.05, 0) is 25.5 Å². The lowest BCUT2D eigenvalue weighted by Crippen LogP contribution is -1.83. The summed E-state index contributed by atoms with van der Waals surface area (Å²) in [4.78, 5) is 17.3. The predicted molar refractivity (Wildman–Crippen MR) is 41.5 cm³/mol. The van der Waals surface area contributed by atoms with Gasteiger partial charge in [-0.2, -0.15) is 4.99 Å². The van der Waals surface area contributed by atoms with Crippen LogP contribution < -0.4 is 0 Å². The summed E-state index contributed by atoms with van der Waals surface area (Å²) in [6, 6.07) is 1.80. The second kappa shape index (κ2) is 3.08. The molecule has 0 aliphatic heterocycles. The molecule has 0 unspecified atom stereocenters. The van der Waals surface area contributed by atoms with E-state index in [1.54, 1.807) is 12.3 Å². The summed E-state index contributed by atoms with van der Waals surface area (Å²) >= 11 is 0. The Morgan fingerprint density at radius 1 is 1.55 bits per heavy atom. The fourth-order valence-electron chi connectivity index (χ4n) is 0.742. The minimum absolute atomic E-state index is 0.558. The molecule has 1 heterocycles. The standard InChI is InChI=1S/C8H8N2O/c1-6-3-8(10-5-11)4-9-7(6)2/h3-4H,1-2H3. The Bertz CT molecular complexity index is 314. The first-order valence-electron chi connectivity index (χ1n) is 3.25. The maximum absolute atomic E-state index is 9.85. The summed E-state index contributed by atoms with van der Waals surface area (Å²) in [7, 11) is 0. The van der Waals surface area contributed by atoms with Gasteiger partial charge < -0.3 is 0 Å². The van der Waals surface area contributed by atoms with Crippen LogP contribution in [0.1, 0.15) is 11.3 Å². The van der Waals surface area contributed by atoms with Crippen molar-refractivity contribution in [3.8, 4) is 0 Å². The van der Waals surface area contributed by atoms with Gasteiger partial charge in [-0.25, -0.2) is 4.79 Å². The molecule has 3 nitrogen and oxygen atoms in total. The number of aromatic nitrogens is 1. The molecule has 1 aromatic heterocycles. The number of nitrogens with zero attached hydrogens (tertiary/aromatic N) is 2. The van der Waals surface area contributed by atoms with E-state index in [0.29, 0.717) is 5.69 Å². The topological polar surface area (TPSA) is 42.3 Å². The van der Waals surface area contributed by atoms with E-state index < -0.39 is 0 Å². The van der Waals surface area contributed by atoms with Gasteiger partial charge in [0.1, 0.15) is 0 Å². The molecule has 3 heteroatoms. The second-order valence-electron chi connectivity index (χ2n) is 2.30. The van der Waals surface area contributed by atoms with Crippen molar-refractivity contribution in [2.75, 3.05) is 0 Å². The number of isocyanates is 1. The van der Waals surface area contributed by atoms with Gasteiger partial charge in [-0.15, -0.1) is 0 Å². The van der Waals surface area contributed by atoms with Crippen molar-refractivity contribution in [1.82, 2.24) is 4.98 Å². The third-order valence-electron chi connectivity index (χ3n) is 1.50. The van der Waals surface area contributed by atoms with Gasteiger partial charge in [0, 0.05) is 5.69 Å². The number of rotatable bonds is 1. The van der Waals surface area contributed by atoms with Gasteiger partial charge >= 0.3 is 0 Å². The Morgan fingerprint density at radius 2 is 2.27 bits per heavy atom. The molecule has 0 N–H and O–H groups in total. The van der Waals surface area contributed by atoms with Crippen LogP contribution in [0.4, 0.5) is 5.69 Å². The number of carbonyl (C=O) groups excluding carboxylic acids is 1. The fraction of sp³-hybridized carbons (Fsp3) is 0.250. The maximum Gasteiger partial charge on any atom is 0.240 e. The molecule has 0 aliphatic carbocycles. The van der Waals surface area contributed by atoms with Crippen molar-refractivity contribution < 1.29 is 4.79 Å². The minimum Gasteiger partial charge on any atom is -0.259 e. The van der Waals surface area contributed by atoms with E-state index in [9.17, 15) is 4.79 Å². The molecule has 0 aromatic carbocycles. The van der Waals surface area contributed by atoms with Crippen molar-refractivity contribution in [2.45, 2.75) is 13.8 Å². The molecule has 1 rings (SSSR count). The van der Waals surface area contributed by atoms with Crippen LogP contribution in [0.2, 0.25) is 0 Å². The molecule has 0 radical (unpaired) electrons. The van der Waals surface area contributed by atoms with E-state index in [4.69, 9.17) is 0 Å². The van der Waals surface area contributed by atoms with Crippen molar-refractivity contribution in [3.63, 3.8) is 0 Å². The smallest absolute Gasteiger partial charge is 0.240 e. The van der Waals surface area contributed by atoms with Crippen molar-refractivity contribution >= 4 is 11.8 Å². The molecular formula is C8H8N2O. The van der Waals surface area contributed by atoms with E-state index in [-0.39, 0.29) is 0 Å². The zero-order valence-electron chi connectivity index (χ0n) is 6.46. The van der Waals surface area contributed by atoms with Crippen LogP contribution >= 0.6 is 0 Å². The van der Waals surface area contributed by atoms with Gasteiger partial charge in [0.05, 0.1) is 11.9 Å². The van der Waals surface area contributed by atoms with Crippen molar-refractivity contribution in [1.29, 1.82) is 0 Å². The summed E-state index contributed by atoms with van der Waals surface area (Å²) in [6.45, 7) is 3.83. The van der Waals surface area contributed by atoms with E-state index >= 15 is 0 Å². The van der Waals surface area contributed by atoms with Crippen molar-refractivity contribution in [3.05, 3.63) is 23.5 Å². The highest BCUT2D eigenvalue weighted by atomic mass is 16.1. The van der Waals surface area contributed by atoms with Gasteiger partial charge in [0.25, 0.3) is 0 Å². The molecular weight excluding hydrogens is 140 g/mol. The monoisotopic (exact) mass is 148 g/mol. The molecule has 0 saturated heterocycles. The van der Waals surface area contributed by atoms with Crippen molar-refractivity contribution in [2.24, 2.45) is 4.99 Å². The third kappa shape index (κ3) is 1.72. The summed E-state index contributed by atoms with van der Waals surface area (Å²) < 4.78 is 0. The molecule has 0 fully saturated rings. The van der Waals surface area contributed by atoms with Crippen LogP contribution in [-0.2, 0) is 4.79 Å². The predicted octanol–water partition coefficient (Wildman–Crippen LogP) is 1.67. The Labute approximate surface area is 64.8 Å². The molecule has 0 bridgehead atoms. The maximum atomic E-state index is 9.85. The van der Waals surface area contributed by atoms with E-state index in [1.807, 2.05) is 13.8 Å². The SMILES string of the molecule is Cc1cc(N=C=O)cnc1C. The Balaban J connectivity index is 3.14. The quantitative estimate of drug-likeness (QED) is 0.449.